The van der Waals surface area contributed by atoms with Crippen LogP contribution in [0.15, 0.2) is 36.5 Å². The number of amides is 3. The van der Waals surface area contributed by atoms with Crippen LogP contribution in [-0.4, -0.2) is 39.9 Å². The number of nitrogens with zero attached hydrogens (tertiary/aromatic N) is 2. The maximum absolute atomic E-state index is 13.4. The number of carbonyl (C=O) groups excluding carboxylic acids is 3. The molecular formula is C25H31FN4O4. The lowest BCUT2D eigenvalue weighted by Gasteiger charge is -2.38. The van der Waals surface area contributed by atoms with Crippen molar-refractivity contribution in [2.24, 2.45) is 5.92 Å². The van der Waals surface area contributed by atoms with Crippen molar-refractivity contribution in [3.8, 4) is 0 Å². The molecule has 0 saturated carbocycles. The zero-order chi connectivity index (χ0) is 25.0. The third kappa shape index (κ3) is 6.52. The van der Waals surface area contributed by atoms with E-state index >= 15 is 0 Å². The minimum atomic E-state index is -0.782. The lowest BCUT2D eigenvalue weighted by molar-refractivity contribution is -0.146. The van der Waals surface area contributed by atoms with Gasteiger partial charge in [0, 0.05) is 6.54 Å². The summed E-state index contributed by atoms with van der Waals surface area (Å²) in [6.45, 7) is 9.45. The van der Waals surface area contributed by atoms with Crippen LogP contribution in [0.1, 0.15) is 57.7 Å². The highest BCUT2D eigenvalue weighted by Crippen LogP contribution is 2.33. The topological polar surface area (TPSA) is 101 Å². The Labute approximate surface area is 198 Å². The van der Waals surface area contributed by atoms with Crippen molar-refractivity contribution in [3.05, 3.63) is 53.5 Å². The van der Waals surface area contributed by atoms with Crippen LogP contribution in [0, 0.1) is 18.7 Å². The van der Waals surface area contributed by atoms with Crippen LogP contribution >= 0.6 is 0 Å². The number of ether oxygens (including phenoxy) is 1. The molecule has 2 N–H and O–H groups in total. The molecule has 9 heteroatoms. The molecule has 34 heavy (non-hydrogen) atoms. The molecule has 1 saturated heterocycles. The number of pyridine rings is 1. The largest absolute Gasteiger partial charge is 0.444 e. The first-order valence-electron chi connectivity index (χ1n) is 11.3. The summed E-state index contributed by atoms with van der Waals surface area (Å²) in [6.07, 6.45) is 2.32. The summed E-state index contributed by atoms with van der Waals surface area (Å²) in [5, 5.41) is 5.17. The Morgan fingerprint density at radius 1 is 1.12 bits per heavy atom. The number of aryl methyl sites for hydroxylation is 1. The first kappa shape index (κ1) is 25.1. The van der Waals surface area contributed by atoms with Crippen LogP contribution in [0.25, 0.3) is 0 Å². The zero-order valence-corrected chi connectivity index (χ0v) is 20.1. The van der Waals surface area contributed by atoms with Crippen LogP contribution in [-0.2, 0) is 14.3 Å². The van der Waals surface area contributed by atoms with Crippen LogP contribution in [0.4, 0.5) is 20.7 Å². The SMILES string of the molecule is Cc1cc(NC(=O)C(=O)N2C[C@H](C)CC[C@@H]2c2ccc(F)cc2)cnc1NC(=O)OC(C)(C)C. The standard InChI is InChI=1S/C25H31FN4O4/c1-15-6-11-20(17-7-9-18(26)10-8-17)30(14-15)23(32)22(31)28-19-12-16(2)21(27-13-19)29-24(33)34-25(3,4)5/h7-10,12-13,15,20H,6,11,14H2,1-5H3,(H,28,31)(H,27,29,33)/t15-,20-/m1/s1. The molecule has 3 amide bonds. The Kier molecular flexibility index (Phi) is 7.54. The normalized spacial score (nSPS) is 18.2. The molecule has 1 fully saturated rings. The summed E-state index contributed by atoms with van der Waals surface area (Å²) in [6, 6.07) is 7.33. The number of rotatable bonds is 3. The van der Waals surface area contributed by atoms with Crippen molar-refractivity contribution in [2.45, 2.75) is 59.1 Å². The average Bonchev–Trinajstić information content (AvgIpc) is 2.74. The molecule has 2 aromatic rings. The van der Waals surface area contributed by atoms with Crippen molar-refractivity contribution in [3.63, 3.8) is 0 Å². The zero-order valence-electron chi connectivity index (χ0n) is 20.1. The van der Waals surface area contributed by atoms with Gasteiger partial charge >= 0.3 is 17.9 Å². The van der Waals surface area contributed by atoms with Gasteiger partial charge in [-0.25, -0.2) is 14.2 Å². The smallest absolute Gasteiger partial charge is 0.413 e. The summed E-state index contributed by atoms with van der Waals surface area (Å²) >= 11 is 0. The molecule has 2 heterocycles. The van der Waals surface area contributed by atoms with E-state index in [1.54, 1.807) is 50.8 Å². The number of aromatic nitrogens is 1. The predicted molar refractivity (Wildman–Crippen MR) is 127 cm³/mol. The first-order valence-corrected chi connectivity index (χ1v) is 11.3. The fourth-order valence-corrected chi connectivity index (χ4v) is 3.90. The molecule has 3 rings (SSSR count). The summed E-state index contributed by atoms with van der Waals surface area (Å²) in [7, 11) is 0. The van der Waals surface area contributed by atoms with E-state index in [-0.39, 0.29) is 17.8 Å². The third-order valence-electron chi connectivity index (χ3n) is 5.48. The molecule has 2 atom stereocenters. The van der Waals surface area contributed by atoms with Gasteiger partial charge in [0.05, 0.1) is 17.9 Å². The van der Waals surface area contributed by atoms with E-state index in [0.29, 0.717) is 30.0 Å². The quantitative estimate of drug-likeness (QED) is 0.627. The van der Waals surface area contributed by atoms with E-state index in [0.717, 1.165) is 12.0 Å². The minimum absolute atomic E-state index is 0.246. The molecule has 1 aliphatic rings. The molecule has 0 aliphatic carbocycles. The third-order valence-corrected chi connectivity index (χ3v) is 5.48. The number of nitrogens with one attached hydrogen (secondary N) is 2. The molecule has 0 bridgehead atoms. The summed E-state index contributed by atoms with van der Waals surface area (Å²) < 4.78 is 18.6. The number of anilines is 2. The van der Waals surface area contributed by atoms with Gasteiger partial charge in [0.15, 0.2) is 0 Å². The van der Waals surface area contributed by atoms with Gasteiger partial charge in [-0.3, -0.25) is 14.9 Å². The van der Waals surface area contributed by atoms with Gasteiger partial charge in [-0.1, -0.05) is 19.1 Å². The Bertz CT molecular complexity index is 1070. The van der Waals surface area contributed by atoms with E-state index in [1.807, 2.05) is 6.92 Å². The number of halogens is 1. The summed E-state index contributed by atoms with van der Waals surface area (Å²) in [5.74, 6) is -1.25. The summed E-state index contributed by atoms with van der Waals surface area (Å²) in [5.41, 5.74) is 1.06. The molecule has 182 valence electrons. The van der Waals surface area contributed by atoms with Crippen molar-refractivity contribution >= 4 is 29.4 Å². The fraction of sp³-hybridized carbons (Fsp3) is 0.440. The van der Waals surface area contributed by atoms with E-state index < -0.39 is 23.5 Å². The van der Waals surface area contributed by atoms with Crippen LogP contribution in [0.2, 0.25) is 0 Å². The highest BCUT2D eigenvalue weighted by atomic mass is 19.1. The molecule has 1 aromatic carbocycles. The average molecular weight is 471 g/mol. The van der Waals surface area contributed by atoms with Crippen LogP contribution in [0.3, 0.4) is 0 Å². The number of carbonyl (C=O) groups is 3. The van der Waals surface area contributed by atoms with Crippen molar-refractivity contribution in [1.82, 2.24) is 9.88 Å². The fourth-order valence-electron chi connectivity index (χ4n) is 3.90. The van der Waals surface area contributed by atoms with Gasteiger partial charge in [-0.05, 0) is 75.8 Å². The predicted octanol–water partition coefficient (Wildman–Crippen LogP) is 4.81. The second-order valence-corrected chi connectivity index (χ2v) is 9.68. The van der Waals surface area contributed by atoms with E-state index in [2.05, 4.69) is 15.6 Å². The molecular weight excluding hydrogens is 439 g/mol. The first-order chi connectivity index (χ1) is 15.9. The molecule has 8 nitrogen and oxygen atoms in total. The Morgan fingerprint density at radius 3 is 2.41 bits per heavy atom. The van der Waals surface area contributed by atoms with Gasteiger partial charge in [-0.2, -0.15) is 0 Å². The Morgan fingerprint density at radius 2 is 1.79 bits per heavy atom. The van der Waals surface area contributed by atoms with Crippen molar-refractivity contribution < 1.29 is 23.5 Å². The van der Waals surface area contributed by atoms with Crippen molar-refractivity contribution in [1.29, 1.82) is 0 Å². The highest BCUT2D eigenvalue weighted by molar-refractivity contribution is 6.39. The van der Waals surface area contributed by atoms with E-state index in [9.17, 15) is 18.8 Å². The molecule has 0 unspecified atom stereocenters. The van der Waals surface area contributed by atoms with Gasteiger partial charge in [0.25, 0.3) is 0 Å². The second-order valence-electron chi connectivity index (χ2n) is 9.68. The van der Waals surface area contributed by atoms with Gasteiger partial charge in [0.2, 0.25) is 0 Å². The maximum Gasteiger partial charge on any atom is 0.413 e. The molecule has 0 radical (unpaired) electrons. The van der Waals surface area contributed by atoms with Gasteiger partial charge in [-0.15, -0.1) is 0 Å². The van der Waals surface area contributed by atoms with E-state index in [4.69, 9.17) is 4.74 Å². The minimum Gasteiger partial charge on any atom is -0.444 e. The molecule has 0 spiro atoms. The van der Waals surface area contributed by atoms with Gasteiger partial charge < -0.3 is 15.0 Å². The molecule has 1 aliphatic heterocycles. The lowest BCUT2D eigenvalue weighted by atomic mass is 9.90. The number of benzene rings is 1. The molecule has 1 aromatic heterocycles. The second kappa shape index (κ2) is 10.2. The number of hydrogen-bond donors (Lipinski definition) is 2. The number of likely N-dealkylation sites (tertiary alicyclic amines) is 1. The maximum atomic E-state index is 13.4. The van der Waals surface area contributed by atoms with Crippen LogP contribution in [0.5, 0.6) is 0 Å². The van der Waals surface area contributed by atoms with E-state index in [1.165, 1.54) is 18.3 Å². The lowest BCUT2D eigenvalue weighted by Crippen LogP contribution is -2.46. The van der Waals surface area contributed by atoms with Crippen molar-refractivity contribution in [2.75, 3.05) is 17.2 Å². The van der Waals surface area contributed by atoms with Gasteiger partial charge in [0.1, 0.15) is 17.2 Å². The highest BCUT2D eigenvalue weighted by Gasteiger charge is 2.34. The Hall–Kier alpha value is -3.49. The Balaban J connectivity index is 1.70. The summed E-state index contributed by atoms with van der Waals surface area (Å²) in [4.78, 5) is 43.6. The number of hydrogen-bond acceptors (Lipinski definition) is 5. The monoisotopic (exact) mass is 470 g/mol. The number of piperidine rings is 1. The van der Waals surface area contributed by atoms with Crippen LogP contribution < -0.4 is 10.6 Å².